The maximum absolute atomic E-state index is 10.9. The number of aliphatic hydroxyl groups is 1. The average Bonchev–Trinajstić information content (AvgIpc) is 2.56. The fourth-order valence-corrected chi connectivity index (χ4v) is 1.47. The fraction of sp³-hybridized carbons (Fsp3) is 0.889. The highest BCUT2D eigenvalue weighted by Crippen LogP contribution is 2.11. The molecule has 0 aromatic carbocycles. The molecule has 78 valence electrons. The number of carbonyl (C=O) groups is 1. The largest absolute Gasteiger partial charge is 0.391 e. The SMILES string of the molecule is C.CNC(=O)C[C@@H](O)C1CCCN1. The second-order valence-corrected chi connectivity index (χ2v) is 3.15. The molecule has 1 heterocycles. The summed E-state index contributed by atoms with van der Waals surface area (Å²) in [5, 5.41) is 15.2. The molecule has 0 aromatic heterocycles. The first-order valence-corrected chi connectivity index (χ1v) is 4.36. The number of carbonyl (C=O) groups excluding carboxylic acids is 1. The maximum Gasteiger partial charge on any atom is 0.222 e. The summed E-state index contributed by atoms with van der Waals surface area (Å²) in [7, 11) is 1.58. The van der Waals surface area contributed by atoms with Gasteiger partial charge in [0.2, 0.25) is 5.91 Å². The summed E-state index contributed by atoms with van der Waals surface area (Å²) in [4.78, 5) is 10.9. The molecule has 0 saturated carbocycles. The number of hydrogen-bond donors (Lipinski definition) is 3. The minimum absolute atomic E-state index is 0. The normalized spacial score (nSPS) is 23.4. The Bertz CT molecular complexity index is 156. The third kappa shape index (κ3) is 3.74. The standard InChI is InChI=1S/C8H16N2O2.CH4/c1-9-8(12)5-7(11)6-3-2-4-10-6;/h6-7,10-11H,2-5H2,1H3,(H,9,12);1H4/t6?,7-;/m1./s1. The van der Waals surface area contributed by atoms with Crippen LogP contribution >= 0.6 is 0 Å². The first-order valence-electron chi connectivity index (χ1n) is 4.36. The fourth-order valence-electron chi connectivity index (χ4n) is 1.47. The number of rotatable bonds is 3. The lowest BCUT2D eigenvalue weighted by molar-refractivity contribution is -0.122. The second kappa shape index (κ2) is 5.94. The van der Waals surface area contributed by atoms with E-state index in [4.69, 9.17) is 0 Å². The van der Waals surface area contributed by atoms with E-state index in [1.54, 1.807) is 7.05 Å². The Hall–Kier alpha value is -0.610. The zero-order valence-corrected chi connectivity index (χ0v) is 7.34. The van der Waals surface area contributed by atoms with Crippen LogP contribution in [0.15, 0.2) is 0 Å². The zero-order valence-electron chi connectivity index (χ0n) is 7.34. The van der Waals surface area contributed by atoms with E-state index in [0.29, 0.717) is 0 Å². The van der Waals surface area contributed by atoms with E-state index in [0.717, 1.165) is 19.4 Å². The van der Waals surface area contributed by atoms with Gasteiger partial charge in [-0.15, -0.1) is 0 Å². The highest BCUT2D eigenvalue weighted by atomic mass is 16.3. The molecule has 1 aliphatic heterocycles. The maximum atomic E-state index is 10.9. The quantitative estimate of drug-likeness (QED) is 0.578. The van der Waals surface area contributed by atoms with Crippen LogP contribution in [-0.4, -0.2) is 36.8 Å². The van der Waals surface area contributed by atoms with Gasteiger partial charge >= 0.3 is 0 Å². The van der Waals surface area contributed by atoms with Crippen molar-refractivity contribution in [3.63, 3.8) is 0 Å². The minimum Gasteiger partial charge on any atom is -0.391 e. The van der Waals surface area contributed by atoms with Crippen LogP contribution in [-0.2, 0) is 4.79 Å². The van der Waals surface area contributed by atoms with Crippen LogP contribution in [0, 0.1) is 0 Å². The lowest BCUT2D eigenvalue weighted by Crippen LogP contribution is -2.38. The molecule has 0 aliphatic carbocycles. The molecule has 0 spiro atoms. The van der Waals surface area contributed by atoms with Crippen LogP contribution in [0.5, 0.6) is 0 Å². The minimum atomic E-state index is -0.535. The molecule has 13 heavy (non-hydrogen) atoms. The number of aliphatic hydroxyl groups excluding tert-OH is 1. The van der Waals surface area contributed by atoms with Crippen molar-refractivity contribution in [3.05, 3.63) is 0 Å². The topological polar surface area (TPSA) is 61.4 Å². The third-order valence-electron chi connectivity index (χ3n) is 2.24. The van der Waals surface area contributed by atoms with Crippen molar-refractivity contribution in [1.82, 2.24) is 10.6 Å². The predicted molar refractivity (Wildman–Crippen MR) is 52.4 cm³/mol. The molecule has 0 aromatic rings. The van der Waals surface area contributed by atoms with Crippen molar-refractivity contribution in [1.29, 1.82) is 0 Å². The van der Waals surface area contributed by atoms with Gasteiger partial charge in [0.05, 0.1) is 12.5 Å². The predicted octanol–water partition coefficient (Wildman–Crippen LogP) is -0.128. The summed E-state index contributed by atoms with van der Waals surface area (Å²) in [5.74, 6) is -0.101. The number of nitrogens with one attached hydrogen (secondary N) is 2. The van der Waals surface area contributed by atoms with Crippen LogP contribution in [0.25, 0.3) is 0 Å². The molecule has 0 radical (unpaired) electrons. The summed E-state index contributed by atoms with van der Waals surface area (Å²) in [6.45, 7) is 0.954. The Morgan fingerprint density at radius 2 is 2.46 bits per heavy atom. The van der Waals surface area contributed by atoms with Gasteiger partial charge in [-0.05, 0) is 19.4 Å². The molecular formula is C9H20N2O2. The molecular weight excluding hydrogens is 168 g/mol. The molecule has 1 fully saturated rings. The molecule has 1 aliphatic rings. The van der Waals surface area contributed by atoms with Gasteiger partial charge in [-0.3, -0.25) is 4.79 Å². The summed E-state index contributed by atoms with van der Waals surface area (Å²) in [6, 6.07) is 0.113. The number of amides is 1. The van der Waals surface area contributed by atoms with E-state index in [1.165, 1.54) is 0 Å². The van der Waals surface area contributed by atoms with Crippen molar-refractivity contribution in [3.8, 4) is 0 Å². The summed E-state index contributed by atoms with van der Waals surface area (Å²) in [5.41, 5.74) is 0. The summed E-state index contributed by atoms with van der Waals surface area (Å²) >= 11 is 0. The van der Waals surface area contributed by atoms with E-state index < -0.39 is 6.10 Å². The molecule has 0 bridgehead atoms. The van der Waals surface area contributed by atoms with E-state index in [9.17, 15) is 9.90 Å². The van der Waals surface area contributed by atoms with Gasteiger partial charge in [-0.25, -0.2) is 0 Å². The summed E-state index contributed by atoms with van der Waals surface area (Å²) in [6.07, 6.45) is 1.73. The van der Waals surface area contributed by atoms with Gasteiger partial charge in [0, 0.05) is 13.1 Å². The Labute approximate surface area is 79.7 Å². The monoisotopic (exact) mass is 188 g/mol. The highest BCUT2D eigenvalue weighted by molar-refractivity contribution is 5.76. The van der Waals surface area contributed by atoms with Gasteiger partial charge in [-0.1, -0.05) is 7.43 Å². The molecule has 2 atom stereocenters. The van der Waals surface area contributed by atoms with Gasteiger partial charge < -0.3 is 15.7 Å². The van der Waals surface area contributed by atoms with Crippen LogP contribution in [0.3, 0.4) is 0 Å². The van der Waals surface area contributed by atoms with Crippen LogP contribution in [0.2, 0.25) is 0 Å². The van der Waals surface area contributed by atoms with Gasteiger partial charge in [0.1, 0.15) is 0 Å². The zero-order chi connectivity index (χ0) is 8.97. The van der Waals surface area contributed by atoms with Gasteiger partial charge in [0.15, 0.2) is 0 Å². The van der Waals surface area contributed by atoms with Crippen molar-refractivity contribution in [2.75, 3.05) is 13.6 Å². The van der Waals surface area contributed by atoms with Crippen molar-refractivity contribution in [2.45, 2.75) is 38.8 Å². The summed E-state index contributed by atoms with van der Waals surface area (Å²) < 4.78 is 0. The molecule has 4 heteroatoms. The van der Waals surface area contributed by atoms with Crippen LogP contribution in [0.4, 0.5) is 0 Å². The Morgan fingerprint density at radius 3 is 2.92 bits per heavy atom. The van der Waals surface area contributed by atoms with Crippen LogP contribution < -0.4 is 10.6 Å². The lowest BCUT2D eigenvalue weighted by atomic mass is 10.1. The Kier molecular flexibility index (Phi) is 5.66. The first kappa shape index (κ1) is 12.4. The molecule has 1 unspecified atom stereocenters. The van der Waals surface area contributed by atoms with E-state index in [1.807, 2.05) is 0 Å². The van der Waals surface area contributed by atoms with E-state index in [2.05, 4.69) is 10.6 Å². The van der Waals surface area contributed by atoms with Crippen molar-refractivity contribution >= 4 is 5.91 Å². The molecule has 1 saturated heterocycles. The number of hydrogen-bond acceptors (Lipinski definition) is 3. The van der Waals surface area contributed by atoms with Gasteiger partial charge in [-0.2, -0.15) is 0 Å². The molecule has 3 N–H and O–H groups in total. The van der Waals surface area contributed by atoms with E-state index in [-0.39, 0.29) is 25.8 Å². The first-order chi connectivity index (χ1) is 5.74. The molecule has 1 rings (SSSR count). The third-order valence-corrected chi connectivity index (χ3v) is 2.24. The Balaban J connectivity index is 0.00000144. The second-order valence-electron chi connectivity index (χ2n) is 3.15. The van der Waals surface area contributed by atoms with Crippen LogP contribution in [0.1, 0.15) is 26.7 Å². The molecule has 1 amide bonds. The van der Waals surface area contributed by atoms with E-state index >= 15 is 0 Å². The average molecular weight is 188 g/mol. The smallest absolute Gasteiger partial charge is 0.222 e. The van der Waals surface area contributed by atoms with Gasteiger partial charge in [0.25, 0.3) is 0 Å². The molecule has 4 nitrogen and oxygen atoms in total. The van der Waals surface area contributed by atoms with Crippen molar-refractivity contribution < 1.29 is 9.90 Å². The highest BCUT2D eigenvalue weighted by Gasteiger charge is 2.23. The Morgan fingerprint density at radius 1 is 1.77 bits per heavy atom. The van der Waals surface area contributed by atoms with Crippen molar-refractivity contribution in [2.24, 2.45) is 0 Å². The lowest BCUT2D eigenvalue weighted by Gasteiger charge is -2.16.